The van der Waals surface area contributed by atoms with Crippen molar-refractivity contribution in [3.05, 3.63) is 65.7 Å². The minimum atomic E-state index is 0.210. The number of alkyl halides is 1. The van der Waals surface area contributed by atoms with Gasteiger partial charge in [-0.15, -0.1) is 11.6 Å². The molecule has 0 N–H and O–H groups in total. The largest absolute Gasteiger partial charge is 0.468 e. The summed E-state index contributed by atoms with van der Waals surface area (Å²) in [5, 5.41) is 0. The lowest BCUT2D eigenvalue weighted by molar-refractivity contribution is 0.00504. The second-order valence-electron chi connectivity index (χ2n) is 4.06. The van der Waals surface area contributed by atoms with Gasteiger partial charge in [-0.3, -0.25) is 0 Å². The number of halogens is 1. The van der Waals surface area contributed by atoms with E-state index in [1.807, 2.05) is 54.6 Å². The Kier molecular flexibility index (Phi) is 5.98. The molecule has 0 heterocycles. The van der Waals surface area contributed by atoms with Crippen molar-refractivity contribution in [2.75, 3.05) is 12.7 Å². The highest BCUT2D eigenvalue weighted by Crippen LogP contribution is 2.12. The van der Waals surface area contributed by atoms with Crippen molar-refractivity contribution in [1.29, 1.82) is 0 Å². The molecule has 0 bridgehead atoms. The van der Waals surface area contributed by atoms with Gasteiger partial charge >= 0.3 is 0 Å². The summed E-state index contributed by atoms with van der Waals surface area (Å²) in [6.07, 6.45) is 0. The average Bonchev–Trinajstić information content (AvgIpc) is 2.51. The van der Waals surface area contributed by atoms with E-state index in [1.165, 1.54) is 0 Å². The molecule has 0 saturated carbocycles. The Labute approximate surface area is 124 Å². The van der Waals surface area contributed by atoms with E-state index in [0.717, 1.165) is 16.9 Å². The van der Waals surface area contributed by atoms with Crippen molar-refractivity contribution in [3.8, 4) is 17.6 Å². The summed E-state index contributed by atoms with van der Waals surface area (Å²) in [6.45, 7) is 0.744. The SMILES string of the molecule is ClCC#Cc1cccc(OCOCc2ccccc2)c1. The summed E-state index contributed by atoms with van der Waals surface area (Å²) in [7, 11) is 0. The Hall–Kier alpha value is -1.95. The van der Waals surface area contributed by atoms with Gasteiger partial charge in [0.1, 0.15) is 5.75 Å². The van der Waals surface area contributed by atoms with Crippen LogP contribution in [0.1, 0.15) is 11.1 Å². The molecule has 0 radical (unpaired) electrons. The Morgan fingerprint density at radius 3 is 2.65 bits per heavy atom. The van der Waals surface area contributed by atoms with Crippen LogP contribution in [0.25, 0.3) is 0 Å². The average molecular weight is 287 g/mol. The third-order valence-corrected chi connectivity index (χ3v) is 2.69. The first kappa shape index (κ1) is 14.5. The fraction of sp³-hybridized carbons (Fsp3) is 0.176. The van der Waals surface area contributed by atoms with Crippen molar-refractivity contribution in [2.45, 2.75) is 6.61 Å². The molecule has 102 valence electrons. The summed E-state index contributed by atoms with van der Waals surface area (Å²) in [5.74, 6) is 6.82. The summed E-state index contributed by atoms with van der Waals surface area (Å²) < 4.78 is 11.0. The Morgan fingerprint density at radius 2 is 1.85 bits per heavy atom. The monoisotopic (exact) mass is 286 g/mol. The first-order valence-electron chi connectivity index (χ1n) is 6.28. The predicted octanol–water partition coefficient (Wildman–Crippen LogP) is 3.83. The van der Waals surface area contributed by atoms with Gasteiger partial charge in [-0.2, -0.15) is 0 Å². The van der Waals surface area contributed by atoms with E-state index < -0.39 is 0 Å². The van der Waals surface area contributed by atoms with Gasteiger partial charge in [0.15, 0.2) is 6.79 Å². The smallest absolute Gasteiger partial charge is 0.189 e. The van der Waals surface area contributed by atoms with Gasteiger partial charge < -0.3 is 9.47 Å². The van der Waals surface area contributed by atoms with Crippen molar-refractivity contribution in [3.63, 3.8) is 0 Å². The summed E-state index contributed by atoms with van der Waals surface area (Å²) in [4.78, 5) is 0. The molecule has 0 aliphatic heterocycles. The predicted molar refractivity (Wildman–Crippen MR) is 80.8 cm³/mol. The molecule has 2 aromatic rings. The standard InChI is InChI=1S/C17H15ClO2/c18-11-5-9-15-8-4-10-17(12-15)20-14-19-13-16-6-2-1-3-7-16/h1-4,6-8,10,12H,11,13-14H2. The number of benzene rings is 2. The van der Waals surface area contributed by atoms with Crippen LogP contribution >= 0.6 is 11.6 Å². The van der Waals surface area contributed by atoms with E-state index in [9.17, 15) is 0 Å². The lowest BCUT2D eigenvalue weighted by Gasteiger charge is -2.07. The Morgan fingerprint density at radius 1 is 1.00 bits per heavy atom. The molecule has 0 spiro atoms. The molecular weight excluding hydrogens is 272 g/mol. The summed E-state index contributed by atoms with van der Waals surface area (Å²) >= 11 is 5.53. The zero-order chi connectivity index (χ0) is 14.0. The molecule has 0 saturated heterocycles. The molecule has 0 aliphatic rings. The van der Waals surface area contributed by atoms with Gasteiger partial charge in [-0.25, -0.2) is 0 Å². The van der Waals surface area contributed by atoms with Crippen LogP contribution in [0.15, 0.2) is 54.6 Å². The molecule has 0 amide bonds. The van der Waals surface area contributed by atoms with E-state index in [-0.39, 0.29) is 6.79 Å². The molecule has 2 nitrogen and oxygen atoms in total. The maximum atomic E-state index is 5.53. The van der Waals surface area contributed by atoms with Gasteiger partial charge in [-0.1, -0.05) is 48.2 Å². The molecule has 0 aliphatic carbocycles. The van der Waals surface area contributed by atoms with Crippen LogP contribution in [-0.4, -0.2) is 12.7 Å². The first-order chi connectivity index (χ1) is 9.88. The third-order valence-electron chi connectivity index (χ3n) is 2.55. The molecular formula is C17H15ClO2. The van der Waals surface area contributed by atoms with Crippen LogP contribution in [0.3, 0.4) is 0 Å². The van der Waals surface area contributed by atoms with Crippen LogP contribution in [0, 0.1) is 11.8 Å². The number of rotatable bonds is 5. The van der Waals surface area contributed by atoms with Crippen molar-refractivity contribution >= 4 is 11.6 Å². The second-order valence-corrected chi connectivity index (χ2v) is 4.33. The highest BCUT2D eigenvalue weighted by molar-refractivity contribution is 6.19. The van der Waals surface area contributed by atoms with Gasteiger partial charge in [0.25, 0.3) is 0 Å². The van der Waals surface area contributed by atoms with Crippen LogP contribution in [-0.2, 0) is 11.3 Å². The maximum absolute atomic E-state index is 5.53. The highest BCUT2D eigenvalue weighted by Gasteiger charge is 1.96. The number of hydrogen-bond donors (Lipinski definition) is 0. The molecule has 0 aromatic heterocycles. The van der Waals surface area contributed by atoms with Crippen LogP contribution in [0.2, 0.25) is 0 Å². The number of ether oxygens (including phenoxy) is 2. The van der Waals surface area contributed by atoms with Gasteiger partial charge in [-0.05, 0) is 23.8 Å². The third kappa shape index (κ3) is 4.97. The van der Waals surface area contributed by atoms with E-state index in [4.69, 9.17) is 21.1 Å². The van der Waals surface area contributed by atoms with Crippen molar-refractivity contribution < 1.29 is 9.47 Å². The van der Waals surface area contributed by atoms with Gasteiger partial charge in [0, 0.05) is 5.56 Å². The maximum Gasteiger partial charge on any atom is 0.189 e. The molecule has 2 rings (SSSR count). The summed E-state index contributed by atoms with van der Waals surface area (Å²) in [6, 6.07) is 17.5. The fourth-order valence-electron chi connectivity index (χ4n) is 1.64. The molecule has 0 atom stereocenters. The minimum absolute atomic E-state index is 0.210. The van der Waals surface area contributed by atoms with Crippen molar-refractivity contribution in [2.24, 2.45) is 0 Å². The van der Waals surface area contributed by atoms with Crippen LogP contribution in [0.5, 0.6) is 5.75 Å². The molecule has 3 heteroatoms. The molecule has 2 aromatic carbocycles. The highest BCUT2D eigenvalue weighted by atomic mass is 35.5. The zero-order valence-electron chi connectivity index (χ0n) is 11.0. The quantitative estimate of drug-likeness (QED) is 0.360. The van der Waals surface area contributed by atoms with Crippen molar-refractivity contribution in [1.82, 2.24) is 0 Å². The summed E-state index contributed by atoms with van der Waals surface area (Å²) in [5.41, 5.74) is 2.00. The second kappa shape index (κ2) is 8.27. The topological polar surface area (TPSA) is 18.5 Å². The molecule has 20 heavy (non-hydrogen) atoms. The van der Waals surface area contributed by atoms with Gasteiger partial charge in [0.05, 0.1) is 12.5 Å². The molecule has 0 unspecified atom stereocenters. The zero-order valence-corrected chi connectivity index (χ0v) is 11.8. The minimum Gasteiger partial charge on any atom is -0.468 e. The number of hydrogen-bond acceptors (Lipinski definition) is 2. The van der Waals surface area contributed by atoms with E-state index in [2.05, 4.69) is 11.8 Å². The Balaban J connectivity index is 1.79. The normalized spacial score (nSPS) is 9.65. The van der Waals surface area contributed by atoms with E-state index in [0.29, 0.717) is 12.5 Å². The first-order valence-corrected chi connectivity index (χ1v) is 6.81. The Bertz CT molecular complexity index is 585. The lowest BCUT2D eigenvalue weighted by Crippen LogP contribution is -2.02. The van der Waals surface area contributed by atoms with E-state index >= 15 is 0 Å². The lowest BCUT2D eigenvalue weighted by atomic mass is 10.2. The van der Waals surface area contributed by atoms with Crippen LogP contribution in [0.4, 0.5) is 0 Å². The fourth-order valence-corrected chi connectivity index (χ4v) is 1.71. The van der Waals surface area contributed by atoms with Crippen LogP contribution < -0.4 is 4.74 Å². The van der Waals surface area contributed by atoms with Gasteiger partial charge in [0.2, 0.25) is 0 Å². The van der Waals surface area contributed by atoms with E-state index in [1.54, 1.807) is 0 Å². The molecule has 0 fully saturated rings.